The van der Waals surface area contributed by atoms with Gasteiger partial charge in [0.05, 0.1) is 11.4 Å². The van der Waals surface area contributed by atoms with E-state index in [1.54, 1.807) is 29.1 Å². The van der Waals surface area contributed by atoms with Crippen molar-refractivity contribution >= 4 is 23.5 Å². The average Bonchev–Trinajstić information content (AvgIpc) is 3.06. The van der Waals surface area contributed by atoms with Crippen LogP contribution in [-0.4, -0.2) is 26.4 Å². The highest BCUT2D eigenvalue weighted by atomic mass is 32.2. The van der Waals surface area contributed by atoms with Gasteiger partial charge in [0.25, 0.3) is 0 Å². The molecule has 0 saturated heterocycles. The van der Waals surface area contributed by atoms with Crippen LogP contribution in [0.25, 0.3) is 5.82 Å². The third-order valence-electron chi connectivity index (χ3n) is 3.81. The van der Waals surface area contributed by atoms with Crippen LogP contribution in [0.1, 0.15) is 26.5 Å². The van der Waals surface area contributed by atoms with Crippen molar-refractivity contribution in [3.63, 3.8) is 0 Å². The molecule has 27 heavy (non-hydrogen) atoms. The highest BCUT2D eigenvalue weighted by Gasteiger charge is 2.22. The summed E-state index contributed by atoms with van der Waals surface area (Å²) in [5.41, 5.74) is 0.659. The molecule has 140 valence electrons. The normalized spacial score (nSPS) is 11.4. The zero-order valence-corrected chi connectivity index (χ0v) is 16.3. The minimum Gasteiger partial charge on any atom is -0.310 e. The molecule has 2 aromatic heterocycles. The van der Waals surface area contributed by atoms with Crippen LogP contribution in [0.3, 0.4) is 0 Å². The van der Waals surface area contributed by atoms with Crippen molar-refractivity contribution in [1.82, 2.24) is 14.8 Å². The van der Waals surface area contributed by atoms with Gasteiger partial charge in [-0.15, -0.1) is 11.8 Å². The zero-order chi connectivity index (χ0) is 19.4. The number of hydrogen-bond donors (Lipinski definition) is 1. The molecule has 0 aliphatic carbocycles. The van der Waals surface area contributed by atoms with E-state index in [0.717, 1.165) is 17.5 Å². The standard InChI is InChI=1S/C20H21FN4OS/c1-20(2,3)16-12-18(25(24-16)17-10-6-7-11-22-17)23-19(26)13-27-15-9-5-4-8-14(15)21/h4-12H,13H2,1-3H3,(H,23,26). The first-order valence-corrected chi connectivity index (χ1v) is 9.52. The average molecular weight is 384 g/mol. The lowest BCUT2D eigenvalue weighted by Crippen LogP contribution is -2.17. The predicted molar refractivity (Wildman–Crippen MR) is 106 cm³/mol. The van der Waals surface area contributed by atoms with E-state index in [9.17, 15) is 9.18 Å². The number of hydrogen-bond acceptors (Lipinski definition) is 4. The Labute approximate surface area is 162 Å². The number of thioether (sulfide) groups is 1. The molecule has 1 N–H and O–H groups in total. The molecule has 2 heterocycles. The molecular weight excluding hydrogens is 363 g/mol. The van der Waals surface area contributed by atoms with Gasteiger partial charge in [-0.1, -0.05) is 39.0 Å². The largest absolute Gasteiger partial charge is 0.310 e. The van der Waals surface area contributed by atoms with Crippen LogP contribution in [0.4, 0.5) is 10.2 Å². The lowest BCUT2D eigenvalue weighted by molar-refractivity contribution is -0.113. The number of benzene rings is 1. The maximum atomic E-state index is 13.7. The molecule has 7 heteroatoms. The van der Waals surface area contributed by atoms with E-state index in [0.29, 0.717) is 16.5 Å². The van der Waals surface area contributed by atoms with Crippen LogP contribution >= 0.6 is 11.8 Å². The Bertz CT molecular complexity index is 935. The number of nitrogens with one attached hydrogen (secondary N) is 1. The first-order valence-electron chi connectivity index (χ1n) is 8.54. The van der Waals surface area contributed by atoms with Crippen LogP contribution in [-0.2, 0) is 10.2 Å². The van der Waals surface area contributed by atoms with Gasteiger partial charge in [0.2, 0.25) is 5.91 Å². The Morgan fingerprint density at radius 2 is 1.93 bits per heavy atom. The Balaban J connectivity index is 1.80. The molecule has 0 spiro atoms. The van der Waals surface area contributed by atoms with Gasteiger partial charge in [0.15, 0.2) is 5.82 Å². The number of amides is 1. The summed E-state index contributed by atoms with van der Waals surface area (Å²) < 4.78 is 15.3. The van der Waals surface area contributed by atoms with E-state index < -0.39 is 0 Å². The maximum Gasteiger partial charge on any atom is 0.235 e. The van der Waals surface area contributed by atoms with Gasteiger partial charge < -0.3 is 5.32 Å². The molecule has 0 saturated carbocycles. The quantitative estimate of drug-likeness (QED) is 0.661. The van der Waals surface area contributed by atoms with Gasteiger partial charge in [0.1, 0.15) is 11.6 Å². The summed E-state index contributed by atoms with van der Waals surface area (Å²) in [6.07, 6.45) is 1.67. The van der Waals surface area contributed by atoms with Crippen molar-refractivity contribution in [3.8, 4) is 5.82 Å². The Hall–Kier alpha value is -2.67. The Morgan fingerprint density at radius 3 is 2.59 bits per heavy atom. The van der Waals surface area contributed by atoms with Gasteiger partial charge in [-0.2, -0.15) is 9.78 Å². The first kappa shape index (κ1) is 19.1. The number of carbonyl (C=O) groups excluding carboxylic acids is 1. The second kappa shape index (κ2) is 7.92. The second-order valence-electron chi connectivity index (χ2n) is 7.03. The van der Waals surface area contributed by atoms with Gasteiger partial charge >= 0.3 is 0 Å². The van der Waals surface area contributed by atoms with Crippen molar-refractivity contribution in [1.29, 1.82) is 0 Å². The molecule has 0 atom stereocenters. The van der Waals surface area contributed by atoms with E-state index in [1.807, 2.05) is 24.3 Å². The van der Waals surface area contributed by atoms with Crippen LogP contribution in [0.15, 0.2) is 59.6 Å². The summed E-state index contributed by atoms with van der Waals surface area (Å²) in [4.78, 5) is 17.2. The predicted octanol–water partition coefficient (Wildman–Crippen LogP) is 4.43. The van der Waals surface area contributed by atoms with Crippen molar-refractivity contribution in [2.75, 3.05) is 11.1 Å². The van der Waals surface area contributed by atoms with Crippen molar-refractivity contribution in [2.45, 2.75) is 31.1 Å². The molecule has 3 rings (SSSR count). The lowest BCUT2D eigenvalue weighted by Gasteiger charge is -2.13. The summed E-state index contributed by atoms with van der Waals surface area (Å²) in [6.45, 7) is 6.16. The lowest BCUT2D eigenvalue weighted by atomic mass is 9.92. The van der Waals surface area contributed by atoms with Crippen LogP contribution < -0.4 is 5.32 Å². The molecule has 0 bridgehead atoms. The fraction of sp³-hybridized carbons (Fsp3) is 0.250. The first-order chi connectivity index (χ1) is 12.8. The minimum absolute atomic E-state index is 0.0964. The molecule has 0 radical (unpaired) electrons. The fourth-order valence-electron chi connectivity index (χ4n) is 2.37. The molecule has 1 aromatic carbocycles. The molecule has 0 unspecified atom stereocenters. The smallest absolute Gasteiger partial charge is 0.235 e. The molecule has 0 fully saturated rings. The summed E-state index contributed by atoms with van der Waals surface area (Å²) in [7, 11) is 0. The number of halogens is 1. The zero-order valence-electron chi connectivity index (χ0n) is 15.4. The summed E-state index contributed by atoms with van der Waals surface area (Å²) >= 11 is 1.16. The third-order valence-corrected chi connectivity index (χ3v) is 4.86. The number of pyridine rings is 1. The summed E-state index contributed by atoms with van der Waals surface area (Å²) in [6, 6.07) is 13.8. The Kier molecular flexibility index (Phi) is 5.60. The van der Waals surface area contributed by atoms with Crippen LogP contribution in [0, 0.1) is 5.82 Å². The van der Waals surface area contributed by atoms with Gasteiger partial charge in [-0.25, -0.2) is 9.37 Å². The molecule has 5 nitrogen and oxygen atoms in total. The van der Waals surface area contributed by atoms with E-state index >= 15 is 0 Å². The van der Waals surface area contributed by atoms with E-state index in [1.165, 1.54) is 6.07 Å². The van der Waals surface area contributed by atoms with E-state index in [-0.39, 0.29) is 22.9 Å². The minimum atomic E-state index is -0.330. The highest BCUT2D eigenvalue weighted by molar-refractivity contribution is 8.00. The van der Waals surface area contributed by atoms with Crippen molar-refractivity contribution in [3.05, 3.63) is 66.2 Å². The maximum absolute atomic E-state index is 13.7. The van der Waals surface area contributed by atoms with Gasteiger partial charge in [-0.05, 0) is 24.3 Å². The second-order valence-corrected chi connectivity index (χ2v) is 8.05. The molecule has 0 aliphatic heterocycles. The van der Waals surface area contributed by atoms with E-state index in [4.69, 9.17) is 0 Å². The van der Waals surface area contributed by atoms with Crippen LogP contribution in [0.5, 0.6) is 0 Å². The topological polar surface area (TPSA) is 59.8 Å². The number of nitrogens with zero attached hydrogens (tertiary/aromatic N) is 3. The fourth-order valence-corrected chi connectivity index (χ4v) is 3.11. The monoisotopic (exact) mass is 384 g/mol. The number of carbonyl (C=O) groups is 1. The molecule has 0 aliphatic rings. The van der Waals surface area contributed by atoms with Crippen molar-refractivity contribution < 1.29 is 9.18 Å². The number of aromatic nitrogens is 3. The van der Waals surface area contributed by atoms with E-state index in [2.05, 4.69) is 36.2 Å². The number of anilines is 1. The Morgan fingerprint density at radius 1 is 1.19 bits per heavy atom. The molecular formula is C20H21FN4OS. The van der Waals surface area contributed by atoms with Crippen LogP contribution in [0.2, 0.25) is 0 Å². The van der Waals surface area contributed by atoms with Gasteiger partial charge in [0, 0.05) is 22.6 Å². The van der Waals surface area contributed by atoms with Crippen molar-refractivity contribution in [2.24, 2.45) is 0 Å². The molecule has 3 aromatic rings. The SMILES string of the molecule is CC(C)(C)c1cc(NC(=O)CSc2ccccc2F)n(-c2ccccn2)n1. The summed E-state index contributed by atoms with van der Waals surface area (Å²) in [5.74, 6) is 0.687. The van der Waals surface area contributed by atoms with Gasteiger partial charge in [-0.3, -0.25) is 4.79 Å². The number of rotatable bonds is 5. The molecule has 1 amide bonds. The third kappa shape index (κ3) is 4.74. The summed E-state index contributed by atoms with van der Waals surface area (Å²) in [5, 5.41) is 7.48. The highest BCUT2D eigenvalue weighted by Crippen LogP contribution is 2.26.